The predicted octanol–water partition coefficient (Wildman–Crippen LogP) is 5.21. The maximum Gasteiger partial charge on any atom is 0.418 e. The average molecular weight is 479 g/mol. The van der Waals surface area contributed by atoms with Gasteiger partial charge in [0.2, 0.25) is 0 Å². The molecule has 178 valence electrons. The molecule has 2 aromatic heterocycles. The first-order valence-electron chi connectivity index (χ1n) is 11.1. The smallest absolute Gasteiger partial charge is 0.418 e. The van der Waals surface area contributed by atoms with Gasteiger partial charge in [-0.3, -0.25) is 0 Å². The third-order valence-electron chi connectivity index (χ3n) is 5.95. The van der Waals surface area contributed by atoms with Crippen LogP contribution in [0.4, 0.5) is 30.4 Å². The summed E-state index contributed by atoms with van der Waals surface area (Å²) >= 11 is 0. The van der Waals surface area contributed by atoms with Gasteiger partial charge in [0.25, 0.3) is 0 Å². The van der Waals surface area contributed by atoms with Gasteiger partial charge >= 0.3 is 6.18 Å². The summed E-state index contributed by atoms with van der Waals surface area (Å²) in [7, 11) is 1.40. The molecule has 4 rings (SSSR count). The maximum atomic E-state index is 13.4. The van der Waals surface area contributed by atoms with Crippen molar-refractivity contribution < 1.29 is 17.9 Å². The first-order valence-corrected chi connectivity index (χ1v) is 12.8. The van der Waals surface area contributed by atoms with Crippen LogP contribution in [0.25, 0.3) is 11.0 Å². The van der Waals surface area contributed by atoms with E-state index in [0.717, 1.165) is 31.5 Å². The summed E-state index contributed by atoms with van der Waals surface area (Å²) in [6, 6.07) is 7.78. The van der Waals surface area contributed by atoms with Crippen molar-refractivity contribution in [3.05, 3.63) is 36.0 Å². The minimum absolute atomic E-state index is 0.0402. The van der Waals surface area contributed by atoms with Crippen LogP contribution in [0.5, 0.6) is 5.75 Å². The number of halogens is 3. The van der Waals surface area contributed by atoms with E-state index in [-0.39, 0.29) is 19.0 Å². The number of hydrogen-bond acceptors (Lipinski definition) is 5. The fourth-order valence-electron chi connectivity index (χ4n) is 4.19. The minimum atomic E-state index is -4.47. The van der Waals surface area contributed by atoms with E-state index in [0.29, 0.717) is 23.8 Å². The fraction of sp³-hybridized carbons (Fsp3) is 0.435. The number of pyridine rings is 1. The summed E-state index contributed by atoms with van der Waals surface area (Å²) in [6.45, 7) is 7.86. The Morgan fingerprint density at radius 3 is 2.55 bits per heavy atom. The topological polar surface area (TPSA) is 65.2 Å². The highest BCUT2D eigenvalue weighted by Gasteiger charge is 2.35. The van der Waals surface area contributed by atoms with Crippen LogP contribution in [0.15, 0.2) is 30.5 Å². The molecule has 0 saturated carbocycles. The average Bonchev–Trinajstić information content (AvgIpc) is 3.24. The molecule has 0 amide bonds. The molecule has 6 nitrogen and oxygen atoms in total. The number of nitrogens with one attached hydrogen (secondary N) is 3. The molecule has 3 aromatic rings. The van der Waals surface area contributed by atoms with Crippen molar-refractivity contribution in [3.8, 4) is 5.75 Å². The van der Waals surface area contributed by atoms with Crippen LogP contribution in [-0.4, -0.2) is 60.5 Å². The standard InChI is InChI=1S/C23H29F3N5OP/c1-4-27-18-13-20(30-22-21(18)16(14-28-22)23(24,25)26)29-17-7-6-15(12-19(17)32-3)33-10-8-31(5-2)9-11-33/h6-7,12-14H,4-5,8-11H2,1-3H3,(H3,27,28,29,30). The zero-order valence-corrected chi connectivity index (χ0v) is 19.9. The van der Waals surface area contributed by atoms with Crippen LogP contribution in [0, 0.1) is 0 Å². The molecule has 3 N–H and O–H groups in total. The van der Waals surface area contributed by atoms with Gasteiger partial charge in [-0.1, -0.05) is 20.9 Å². The molecule has 0 atom stereocenters. The van der Waals surface area contributed by atoms with Gasteiger partial charge in [0.1, 0.15) is 17.2 Å². The largest absolute Gasteiger partial charge is 0.495 e. The highest BCUT2D eigenvalue weighted by molar-refractivity contribution is 7.65. The number of rotatable bonds is 7. The molecule has 0 aliphatic carbocycles. The predicted molar refractivity (Wildman–Crippen MR) is 130 cm³/mol. The number of anilines is 3. The molecule has 10 heteroatoms. The van der Waals surface area contributed by atoms with E-state index >= 15 is 0 Å². The molecule has 0 bridgehead atoms. The summed E-state index contributed by atoms with van der Waals surface area (Å²) in [5, 5.41) is 7.61. The number of benzene rings is 1. The Hall–Kier alpha value is -2.51. The number of H-pyrrole nitrogens is 1. The van der Waals surface area contributed by atoms with Crippen LogP contribution < -0.4 is 20.7 Å². The SMILES string of the molecule is CCNc1cc(Nc2ccc(P3CCN(CC)CC3)cc2OC)nc2[nH]cc(C(F)(F)F)c12. The van der Waals surface area contributed by atoms with Gasteiger partial charge in [-0.25, -0.2) is 4.98 Å². The van der Waals surface area contributed by atoms with E-state index in [2.05, 4.69) is 44.6 Å². The Morgan fingerprint density at radius 2 is 1.91 bits per heavy atom. The maximum absolute atomic E-state index is 13.4. The first kappa shape index (κ1) is 23.6. The fourth-order valence-corrected chi connectivity index (χ4v) is 6.57. The van der Waals surface area contributed by atoms with Crippen molar-refractivity contribution in [1.29, 1.82) is 0 Å². The van der Waals surface area contributed by atoms with Gasteiger partial charge in [-0.2, -0.15) is 13.2 Å². The van der Waals surface area contributed by atoms with E-state index in [1.54, 1.807) is 13.2 Å². The van der Waals surface area contributed by atoms with Crippen LogP contribution in [0.3, 0.4) is 0 Å². The number of aromatic nitrogens is 2. The minimum Gasteiger partial charge on any atom is -0.495 e. The highest BCUT2D eigenvalue weighted by atomic mass is 31.1. The lowest BCUT2D eigenvalue weighted by Crippen LogP contribution is -2.35. The Balaban J connectivity index is 1.62. The molecule has 0 radical (unpaired) electrons. The molecule has 1 aliphatic heterocycles. The quantitative estimate of drug-likeness (QED) is 0.406. The third kappa shape index (κ3) is 5.04. The lowest BCUT2D eigenvalue weighted by atomic mass is 10.1. The molecule has 3 heterocycles. The monoisotopic (exact) mass is 479 g/mol. The van der Waals surface area contributed by atoms with E-state index < -0.39 is 11.7 Å². The number of hydrogen-bond donors (Lipinski definition) is 3. The molecular formula is C23H29F3N5OP. The van der Waals surface area contributed by atoms with E-state index in [1.165, 1.54) is 17.6 Å². The van der Waals surface area contributed by atoms with Gasteiger partial charge in [0, 0.05) is 37.6 Å². The van der Waals surface area contributed by atoms with Gasteiger partial charge in [-0.15, -0.1) is 0 Å². The first-order chi connectivity index (χ1) is 15.8. The van der Waals surface area contributed by atoms with E-state index in [4.69, 9.17) is 4.74 Å². The molecule has 1 aliphatic rings. The second-order valence-corrected chi connectivity index (χ2v) is 10.4. The Labute approximate surface area is 192 Å². The van der Waals surface area contributed by atoms with Gasteiger partial charge in [0.05, 0.1) is 23.7 Å². The molecule has 1 aromatic carbocycles. The highest BCUT2D eigenvalue weighted by Crippen LogP contribution is 2.41. The lowest BCUT2D eigenvalue weighted by molar-refractivity contribution is -0.136. The van der Waals surface area contributed by atoms with Crippen molar-refractivity contribution in [2.45, 2.75) is 20.0 Å². The number of ether oxygens (including phenoxy) is 1. The molecule has 1 saturated heterocycles. The van der Waals surface area contributed by atoms with Crippen molar-refractivity contribution in [1.82, 2.24) is 14.9 Å². The third-order valence-corrected chi connectivity index (χ3v) is 8.44. The summed E-state index contributed by atoms with van der Waals surface area (Å²) in [4.78, 5) is 9.53. The molecule has 0 unspecified atom stereocenters. The Morgan fingerprint density at radius 1 is 1.15 bits per heavy atom. The second-order valence-electron chi connectivity index (χ2n) is 7.94. The van der Waals surface area contributed by atoms with Crippen molar-refractivity contribution in [2.24, 2.45) is 0 Å². The van der Waals surface area contributed by atoms with Crippen molar-refractivity contribution in [3.63, 3.8) is 0 Å². The van der Waals surface area contributed by atoms with Crippen LogP contribution >= 0.6 is 7.92 Å². The second kappa shape index (κ2) is 9.77. The zero-order chi connectivity index (χ0) is 23.6. The zero-order valence-electron chi connectivity index (χ0n) is 19.0. The number of aromatic amines is 1. The van der Waals surface area contributed by atoms with Gasteiger partial charge in [-0.05, 0) is 43.2 Å². The van der Waals surface area contributed by atoms with Crippen molar-refractivity contribution in [2.75, 3.05) is 56.2 Å². The van der Waals surface area contributed by atoms with E-state index in [1.807, 2.05) is 13.0 Å². The number of alkyl halides is 3. The number of fused-ring (bicyclic) bond motifs is 1. The summed E-state index contributed by atoms with van der Waals surface area (Å²) in [6.07, 6.45) is -1.15. The summed E-state index contributed by atoms with van der Waals surface area (Å²) < 4.78 is 46.0. The normalized spacial score (nSPS) is 15.7. The molecule has 0 spiro atoms. The van der Waals surface area contributed by atoms with Gasteiger partial charge < -0.3 is 25.3 Å². The number of nitrogens with zero attached hydrogens (tertiary/aromatic N) is 2. The Bertz CT molecular complexity index is 1110. The molecule has 33 heavy (non-hydrogen) atoms. The van der Waals surface area contributed by atoms with Gasteiger partial charge in [0.15, 0.2) is 0 Å². The molecule has 1 fully saturated rings. The lowest BCUT2D eigenvalue weighted by Gasteiger charge is -2.31. The van der Waals surface area contributed by atoms with E-state index in [9.17, 15) is 13.2 Å². The van der Waals surface area contributed by atoms with Crippen LogP contribution in [-0.2, 0) is 6.18 Å². The molecular weight excluding hydrogens is 450 g/mol. The Kier molecular flexibility index (Phi) is 7.00. The van der Waals surface area contributed by atoms with Crippen LogP contribution in [0.2, 0.25) is 0 Å². The summed E-state index contributed by atoms with van der Waals surface area (Å²) in [5.74, 6) is 1.13. The van der Waals surface area contributed by atoms with Crippen molar-refractivity contribution >= 4 is 41.5 Å². The summed E-state index contributed by atoms with van der Waals surface area (Å²) in [5.41, 5.74) is 0.538. The number of methoxy groups -OCH3 is 1. The van der Waals surface area contributed by atoms with Crippen LogP contribution in [0.1, 0.15) is 19.4 Å².